The van der Waals surface area contributed by atoms with E-state index in [0.717, 1.165) is 6.07 Å². The van der Waals surface area contributed by atoms with E-state index in [1.807, 2.05) is 0 Å². The lowest BCUT2D eigenvalue weighted by Crippen LogP contribution is -2.12. The van der Waals surface area contributed by atoms with Crippen LogP contribution in [0.3, 0.4) is 0 Å². The van der Waals surface area contributed by atoms with Crippen molar-refractivity contribution in [2.24, 2.45) is 0 Å². The predicted molar refractivity (Wildman–Crippen MR) is 108 cm³/mol. The van der Waals surface area contributed by atoms with Crippen LogP contribution in [0.5, 0.6) is 0 Å². The van der Waals surface area contributed by atoms with E-state index in [2.05, 4.69) is 10.3 Å². The van der Waals surface area contributed by atoms with Crippen molar-refractivity contribution in [1.29, 1.82) is 0 Å². The van der Waals surface area contributed by atoms with Gasteiger partial charge in [0, 0.05) is 16.0 Å². The molecule has 0 amide bonds. The molecule has 3 rings (SSSR count). The van der Waals surface area contributed by atoms with Gasteiger partial charge in [0.2, 0.25) is 0 Å². The highest BCUT2D eigenvalue weighted by molar-refractivity contribution is 7.90. The quantitative estimate of drug-likeness (QED) is 0.497. The Kier molecular flexibility index (Phi) is 6.24. The van der Waals surface area contributed by atoms with Crippen molar-refractivity contribution >= 4 is 50.1 Å². The van der Waals surface area contributed by atoms with Crippen molar-refractivity contribution in [1.82, 2.24) is 4.98 Å². The first kappa shape index (κ1) is 21.0. The van der Waals surface area contributed by atoms with Gasteiger partial charge in [-0.25, -0.2) is 22.2 Å². The summed E-state index contributed by atoms with van der Waals surface area (Å²) < 4.78 is 53.7. The van der Waals surface area contributed by atoms with E-state index in [0.29, 0.717) is 10.7 Å². The molecule has 0 bridgehead atoms. The van der Waals surface area contributed by atoms with E-state index in [1.54, 1.807) is 12.3 Å². The third-order valence-corrected chi connectivity index (χ3v) is 6.90. The van der Waals surface area contributed by atoms with Crippen molar-refractivity contribution in [2.75, 3.05) is 5.32 Å². The summed E-state index contributed by atoms with van der Waals surface area (Å²) in [6, 6.07) is 5.98. The maximum absolute atomic E-state index is 14.7. The van der Waals surface area contributed by atoms with Gasteiger partial charge in [-0.1, -0.05) is 23.2 Å². The normalized spacial score (nSPS) is 12.8. The number of anilines is 1. The van der Waals surface area contributed by atoms with Gasteiger partial charge in [0.15, 0.2) is 15.7 Å². The van der Waals surface area contributed by atoms with Crippen molar-refractivity contribution in [3.8, 4) is 0 Å². The number of nitrogens with one attached hydrogen (secondary N) is 1. The van der Waals surface area contributed by atoms with Crippen LogP contribution in [0.2, 0.25) is 10.0 Å². The molecule has 10 heteroatoms. The summed E-state index contributed by atoms with van der Waals surface area (Å²) in [5.41, 5.74) is 2.23. The topological polar surface area (TPSA) is 59.1 Å². The van der Waals surface area contributed by atoms with Gasteiger partial charge >= 0.3 is 0 Å². The van der Waals surface area contributed by atoms with Gasteiger partial charge in [0.1, 0.15) is 15.7 Å². The number of halogens is 4. The second-order valence-electron chi connectivity index (χ2n) is 6.01. The third-order valence-electron chi connectivity index (χ3n) is 4.00. The number of hydrogen-bond acceptors (Lipinski definition) is 5. The zero-order chi connectivity index (χ0) is 20.5. The Balaban J connectivity index is 1.89. The van der Waals surface area contributed by atoms with Crippen LogP contribution in [0.4, 0.5) is 14.5 Å². The summed E-state index contributed by atoms with van der Waals surface area (Å²) in [5, 5.41) is 4.42. The second kappa shape index (κ2) is 8.32. The fourth-order valence-corrected chi connectivity index (χ4v) is 5.10. The molecule has 0 saturated heterocycles. The molecule has 0 saturated carbocycles. The van der Waals surface area contributed by atoms with Crippen molar-refractivity contribution in [2.45, 2.75) is 23.6 Å². The van der Waals surface area contributed by atoms with E-state index in [9.17, 15) is 17.2 Å². The minimum absolute atomic E-state index is 0.138. The summed E-state index contributed by atoms with van der Waals surface area (Å²) >= 11 is 13.2. The molecule has 1 N–H and O–H groups in total. The summed E-state index contributed by atoms with van der Waals surface area (Å²) in [4.78, 5) is 3.39. The fourth-order valence-electron chi connectivity index (χ4n) is 2.62. The summed E-state index contributed by atoms with van der Waals surface area (Å²) in [7, 11) is -3.97. The monoisotopic (exact) mass is 462 g/mol. The third kappa shape index (κ3) is 4.46. The molecule has 1 aromatic heterocycles. The molecule has 0 spiro atoms. The molecule has 0 radical (unpaired) electrons. The first-order valence-electron chi connectivity index (χ1n) is 7.98. The smallest absolute Gasteiger partial charge is 0.187 e. The lowest BCUT2D eigenvalue weighted by molar-refractivity contribution is 0.566. The fraction of sp³-hybridized carbons (Fsp3) is 0.167. The standard InChI is InChI=1S/C18H14Cl2F2N2O2S2/c1-10(13-6-11(19)2-3-14(13)21)24-15-4-5-16(18(22)17(15)20)28(25,26)8-12-7-27-9-23-12/h2-7,9-10,24H,8H2,1H3/t10-/m0/s1. The molecule has 1 atom stereocenters. The van der Waals surface area contributed by atoms with Gasteiger partial charge in [-0.05, 0) is 37.3 Å². The van der Waals surface area contributed by atoms with Crippen LogP contribution in [0.25, 0.3) is 0 Å². The highest BCUT2D eigenvalue weighted by Gasteiger charge is 2.25. The number of benzene rings is 2. The molecular formula is C18H14Cl2F2N2O2S2. The number of aromatic nitrogens is 1. The number of sulfone groups is 1. The SMILES string of the molecule is C[C@H](Nc1ccc(S(=O)(=O)Cc2cscn2)c(F)c1Cl)c1cc(Cl)ccc1F. The number of rotatable bonds is 6. The van der Waals surface area contributed by atoms with E-state index in [4.69, 9.17) is 23.2 Å². The second-order valence-corrected chi connectivity index (χ2v) is 9.50. The highest BCUT2D eigenvalue weighted by atomic mass is 35.5. The molecule has 0 fully saturated rings. The zero-order valence-electron chi connectivity index (χ0n) is 14.4. The Morgan fingerprint density at radius 2 is 1.96 bits per heavy atom. The molecule has 0 aliphatic heterocycles. The minimum Gasteiger partial charge on any atom is -0.377 e. The van der Waals surface area contributed by atoms with Crippen LogP contribution in [-0.2, 0) is 15.6 Å². The van der Waals surface area contributed by atoms with Crippen LogP contribution in [0, 0.1) is 11.6 Å². The lowest BCUT2D eigenvalue weighted by atomic mass is 10.1. The minimum atomic E-state index is -3.97. The van der Waals surface area contributed by atoms with Gasteiger partial charge in [-0.3, -0.25) is 0 Å². The molecule has 0 aliphatic carbocycles. The molecule has 0 unspecified atom stereocenters. The number of hydrogen-bond donors (Lipinski definition) is 1. The van der Waals surface area contributed by atoms with Crippen LogP contribution in [-0.4, -0.2) is 13.4 Å². The number of nitrogens with zero attached hydrogens (tertiary/aromatic N) is 1. The van der Waals surface area contributed by atoms with Crippen LogP contribution >= 0.6 is 34.5 Å². The van der Waals surface area contributed by atoms with Gasteiger partial charge in [0.05, 0.1) is 28.7 Å². The van der Waals surface area contributed by atoms with Crippen molar-refractivity contribution in [3.05, 3.63) is 74.2 Å². The Morgan fingerprint density at radius 3 is 2.64 bits per heavy atom. The maximum Gasteiger partial charge on any atom is 0.187 e. The Bertz CT molecular complexity index is 1110. The summed E-state index contributed by atoms with van der Waals surface area (Å²) in [6.45, 7) is 1.65. The lowest BCUT2D eigenvalue weighted by Gasteiger charge is -2.18. The molecule has 4 nitrogen and oxygen atoms in total. The van der Waals surface area contributed by atoms with E-state index < -0.39 is 43.2 Å². The van der Waals surface area contributed by atoms with Crippen LogP contribution < -0.4 is 5.32 Å². The van der Waals surface area contributed by atoms with Crippen molar-refractivity contribution < 1.29 is 17.2 Å². The van der Waals surface area contributed by atoms with Crippen LogP contribution in [0.1, 0.15) is 24.2 Å². The first-order valence-corrected chi connectivity index (χ1v) is 11.3. The van der Waals surface area contributed by atoms with Gasteiger partial charge in [0.25, 0.3) is 0 Å². The Labute approximate surface area is 175 Å². The number of thiazole rings is 1. The van der Waals surface area contributed by atoms with Gasteiger partial charge in [-0.15, -0.1) is 11.3 Å². The first-order chi connectivity index (χ1) is 13.2. The Hall–Kier alpha value is -1.74. The van der Waals surface area contributed by atoms with Gasteiger partial charge in [-0.2, -0.15) is 0 Å². The molecular weight excluding hydrogens is 449 g/mol. The van der Waals surface area contributed by atoms with E-state index >= 15 is 0 Å². The maximum atomic E-state index is 14.7. The Morgan fingerprint density at radius 1 is 1.21 bits per heavy atom. The molecule has 148 valence electrons. The van der Waals surface area contributed by atoms with E-state index in [-0.39, 0.29) is 11.3 Å². The highest BCUT2D eigenvalue weighted by Crippen LogP contribution is 2.34. The van der Waals surface area contributed by atoms with Gasteiger partial charge < -0.3 is 5.32 Å². The predicted octanol–water partition coefficient (Wildman–Crippen LogP) is 5.88. The largest absolute Gasteiger partial charge is 0.377 e. The molecule has 2 aromatic carbocycles. The van der Waals surface area contributed by atoms with Crippen LogP contribution in [0.15, 0.2) is 46.1 Å². The summed E-state index contributed by atoms with van der Waals surface area (Å²) in [5.74, 6) is -1.98. The molecule has 28 heavy (non-hydrogen) atoms. The molecule has 0 aliphatic rings. The van der Waals surface area contributed by atoms with E-state index in [1.165, 1.54) is 41.1 Å². The summed E-state index contributed by atoms with van der Waals surface area (Å²) in [6.07, 6.45) is 0. The van der Waals surface area contributed by atoms with Crippen molar-refractivity contribution in [3.63, 3.8) is 0 Å². The zero-order valence-corrected chi connectivity index (χ0v) is 17.6. The average Bonchev–Trinajstić information content (AvgIpc) is 3.13. The molecule has 3 aromatic rings. The molecule has 1 heterocycles. The average molecular weight is 463 g/mol.